The van der Waals surface area contributed by atoms with Gasteiger partial charge in [-0.25, -0.2) is 5.43 Å². The summed E-state index contributed by atoms with van der Waals surface area (Å²) in [5, 5.41) is 18.2. The molecule has 3 aromatic carbocycles. The van der Waals surface area contributed by atoms with Crippen molar-refractivity contribution in [3.8, 4) is 5.75 Å². The second-order valence-corrected chi connectivity index (χ2v) is 6.06. The minimum atomic E-state index is -0.466. The van der Waals surface area contributed by atoms with Crippen LogP contribution in [-0.2, 0) is 4.79 Å². The van der Waals surface area contributed by atoms with E-state index in [2.05, 4.69) is 15.8 Å². The van der Waals surface area contributed by atoms with E-state index in [0.29, 0.717) is 11.1 Å². The number of amides is 2. The molecule has 0 saturated heterocycles. The largest absolute Gasteiger partial charge is 0.507 e. The van der Waals surface area contributed by atoms with Gasteiger partial charge < -0.3 is 10.4 Å². The molecule has 0 radical (unpaired) electrons. The van der Waals surface area contributed by atoms with Crippen LogP contribution in [0.5, 0.6) is 5.75 Å². The average Bonchev–Trinajstić information content (AvgIpc) is 2.68. The lowest BCUT2D eigenvalue weighted by Gasteiger charge is -2.06. The van der Waals surface area contributed by atoms with E-state index in [1.165, 1.54) is 6.21 Å². The molecule has 136 valence electrons. The van der Waals surface area contributed by atoms with E-state index in [-0.39, 0.29) is 18.2 Å². The van der Waals surface area contributed by atoms with Gasteiger partial charge in [0.25, 0.3) is 11.8 Å². The minimum absolute atomic E-state index is 0.0689. The lowest BCUT2D eigenvalue weighted by Crippen LogP contribution is -2.34. The molecule has 0 aliphatic heterocycles. The Balaban J connectivity index is 1.60. The first kappa shape index (κ1) is 18.1. The summed E-state index contributed by atoms with van der Waals surface area (Å²) in [5.74, 6) is -0.726. The molecule has 0 spiro atoms. The van der Waals surface area contributed by atoms with Crippen molar-refractivity contribution in [1.29, 1.82) is 0 Å². The van der Waals surface area contributed by atoms with E-state index in [1.54, 1.807) is 30.3 Å². The van der Waals surface area contributed by atoms with Crippen molar-refractivity contribution >= 4 is 28.8 Å². The van der Waals surface area contributed by atoms with Crippen LogP contribution < -0.4 is 10.7 Å². The highest BCUT2D eigenvalue weighted by molar-refractivity contribution is 6.02. The number of benzene rings is 3. The van der Waals surface area contributed by atoms with Crippen molar-refractivity contribution in [2.24, 2.45) is 5.10 Å². The van der Waals surface area contributed by atoms with E-state index in [9.17, 15) is 14.7 Å². The summed E-state index contributed by atoms with van der Waals surface area (Å²) < 4.78 is 0. The first-order valence-electron chi connectivity index (χ1n) is 8.42. The lowest BCUT2D eigenvalue weighted by molar-refractivity contribution is -0.120. The molecule has 2 amide bonds. The van der Waals surface area contributed by atoms with Gasteiger partial charge in [0.1, 0.15) is 5.75 Å². The first-order chi connectivity index (χ1) is 13.0. The molecule has 6 heteroatoms. The summed E-state index contributed by atoms with van der Waals surface area (Å²) in [4.78, 5) is 23.9. The summed E-state index contributed by atoms with van der Waals surface area (Å²) in [5.41, 5.74) is 4.31. The highest BCUT2D eigenvalue weighted by atomic mass is 16.3. The van der Waals surface area contributed by atoms with Crippen molar-refractivity contribution in [3.63, 3.8) is 0 Å². The Kier molecular flexibility index (Phi) is 5.47. The second-order valence-electron chi connectivity index (χ2n) is 6.06. The molecule has 0 aromatic heterocycles. The Hall–Kier alpha value is -3.67. The molecule has 0 heterocycles. The molecule has 3 N–H and O–H groups in total. The van der Waals surface area contributed by atoms with Gasteiger partial charge in [0.05, 0.1) is 12.8 Å². The van der Waals surface area contributed by atoms with Crippen molar-refractivity contribution in [1.82, 2.24) is 10.7 Å². The maximum Gasteiger partial charge on any atom is 0.259 e. The number of carbonyl (C=O) groups is 2. The zero-order valence-electron chi connectivity index (χ0n) is 14.8. The summed E-state index contributed by atoms with van der Waals surface area (Å²) in [6.07, 6.45) is 1.39. The number of nitrogens with one attached hydrogen (secondary N) is 2. The van der Waals surface area contributed by atoms with Crippen LogP contribution in [0.4, 0.5) is 0 Å². The number of hydrazone groups is 1. The van der Waals surface area contributed by atoms with Crippen LogP contribution in [0.15, 0.2) is 65.8 Å². The normalized spacial score (nSPS) is 10.9. The summed E-state index contributed by atoms with van der Waals surface area (Å²) in [6.45, 7) is 1.69. The first-order valence-corrected chi connectivity index (χ1v) is 8.42. The average molecular weight is 361 g/mol. The van der Waals surface area contributed by atoms with E-state index < -0.39 is 5.91 Å². The van der Waals surface area contributed by atoms with Crippen molar-refractivity contribution in [3.05, 3.63) is 77.4 Å². The topological polar surface area (TPSA) is 90.8 Å². The Morgan fingerprint density at radius 3 is 2.70 bits per heavy atom. The van der Waals surface area contributed by atoms with Crippen LogP contribution in [-0.4, -0.2) is 29.7 Å². The van der Waals surface area contributed by atoms with Gasteiger partial charge in [0.15, 0.2) is 0 Å². The molecule has 0 atom stereocenters. The molecule has 6 nitrogen and oxygen atoms in total. The Morgan fingerprint density at radius 1 is 1.07 bits per heavy atom. The van der Waals surface area contributed by atoms with Crippen LogP contribution in [0.3, 0.4) is 0 Å². The minimum Gasteiger partial charge on any atom is -0.507 e. The van der Waals surface area contributed by atoms with Crippen LogP contribution in [0, 0.1) is 6.92 Å². The third-order valence-electron chi connectivity index (χ3n) is 4.02. The number of carbonyl (C=O) groups excluding carboxylic acids is 2. The number of hydrogen-bond donors (Lipinski definition) is 3. The van der Waals surface area contributed by atoms with Gasteiger partial charge in [0.2, 0.25) is 0 Å². The van der Waals surface area contributed by atoms with Gasteiger partial charge in [-0.2, -0.15) is 5.10 Å². The maximum absolute atomic E-state index is 12.0. The predicted octanol–water partition coefficient (Wildman–Crippen LogP) is 2.73. The zero-order chi connectivity index (χ0) is 19.2. The van der Waals surface area contributed by atoms with E-state index in [4.69, 9.17) is 0 Å². The van der Waals surface area contributed by atoms with Crippen LogP contribution in [0.2, 0.25) is 0 Å². The fourth-order valence-electron chi connectivity index (χ4n) is 2.68. The fourth-order valence-corrected chi connectivity index (χ4v) is 2.68. The highest BCUT2D eigenvalue weighted by Crippen LogP contribution is 2.25. The number of hydrogen-bond acceptors (Lipinski definition) is 4. The van der Waals surface area contributed by atoms with E-state index >= 15 is 0 Å². The molecule has 27 heavy (non-hydrogen) atoms. The standard InChI is InChI=1S/C21H19N3O3/c1-14-5-4-7-16(11-14)21(27)22-13-20(26)24-23-12-18-17-8-3-2-6-15(17)9-10-19(18)25/h2-12,25H,13H2,1H3,(H,22,27)(H,24,26)/b23-12-. The smallest absolute Gasteiger partial charge is 0.259 e. The Morgan fingerprint density at radius 2 is 1.89 bits per heavy atom. The van der Waals surface area contributed by atoms with Gasteiger partial charge in [-0.1, -0.05) is 48.0 Å². The van der Waals surface area contributed by atoms with Gasteiger partial charge in [-0.3, -0.25) is 9.59 Å². The van der Waals surface area contributed by atoms with E-state index in [0.717, 1.165) is 16.3 Å². The number of phenols is 1. The fraction of sp³-hybridized carbons (Fsp3) is 0.0952. The summed E-state index contributed by atoms with van der Waals surface area (Å²) in [7, 11) is 0. The molecule has 3 aromatic rings. The van der Waals surface area contributed by atoms with Gasteiger partial charge >= 0.3 is 0 Å². The van der Waals surface area contributed by atoms with Crippen LogP contribution >= 0.6 is 0 Å². The van der Waals surface area contributed by atoms with Crippen molar-refractivity contribution in [2.45, 2.75) is 6.92 Å². The highest BCUT2D eigenvalue weighted by Gasteiger charge is 2.08. The Bertz CT molecular complexity index is 1030. The van der Waals surface area contributed by atoms with E-state index in [1.807, 2.05) is 37.3 Å². The number of rotatable bonds is 5. The third-order valence-corrected chi connectivity index (χ3v) is 4.02. The molecule has 0 bridgehead atoms. The molecule has 0 aliphatic carbocycles. The summed E-state index contributed by atoms with van der Waals surface area (Å²) in [6, 6.07) is 18.0. The van der Waals surface area contributed by atoms with Gasteiger partial charge in [0, 0.05) is 11.1 Å². The molecular weight excluding hydrogens is 342 g/mol. The number of aromatic hydroxyl groups is 1. The van der Waals surface area contributed by atoms with Crippen molar-refractivity contribution in [2.75, 3.05) is 6.54 Å². The second kappa shape index (κ2) is 8.14. The SMILES string of the molecule is Cc1cccc(C(=O)NCC(=O)N/N=C\c2c(O)ccc3ccccc23)c1. The third kappa shape index (κ3) is 4.49. The molecule has 0 unspecified atom stereocenters. The van der Waals surface area contributed by atoms with Crippen LogP contribution in [0.25, 0.3) is 10.8 Å². The molecule has 0 aliphatic rings. The number of phenolic OH excluding ortho intramolecular Hbond substituents is 1. The molecular formula is C21H19N3O3. The number of fused-ring (bicyclic) bond motifs is 1. The molecule has 0 fully saturated rings. The lowest BCUT2D eigenvalue weighted by atomic mass is 10.0. The Labute approximate surface area is 156 Å². The quantitative estimate of drug-likeness (QED) is 0.482. The van der Waals surface area contributed by atoms with Crippen LogP contribution in [0.1, 0.15) is 21.5 Å². The molecule has 3 rings (SSSR count). The van der Waals surface area contributed by atoms with Gasteiger partial charge in [-0.05, 0) is 35.9 Å². The predicted molar refractivity (Wildman–Crippen MR) is 105 cm³/mol. The maximum atomic E-state index is 12.0. The summed E-state index contributed by atoms with van der Waals surface area (Å²) >= 11 is 0. The number of aryl methyl sites for hydroxylation is 1. The zero-order valence-corrected chi connectivity index (χ0v) is 14.8. The van der Waals surface area contributed by atoms with Gasteiger partial charge in [-0.15, -0.1) is 0 Å². The number of nitrogens with zero attached hydrogens (tertiary/aromatic N) is 1. The molecule has 0 saturated carbocycles. The van der Waals surface area contributed by atoms with Crippen molar-refractivity contribution < 1.29 is 14.7 Å². The monoisotopic (exact) mass is 361 g/mol.